The molecule has 4 rings (SSSR count). The van der Waals surface area contributed by atoms with Crippen LogP contribution in [-0.2, 0) is 10.0 Å². The number of carbonyl (C=O) groups excluding carboxylic acids is 1. The van der Waals surface area contributed by atoms with E-state index in [2.05, 4.69) is 14.7 Å². The Morgan fingerprint density at radius 2 is 2.00 bits per heavy atom. The topological polar surface area (TPSA) is 91.7 Å². The van der Waals surface area contributed by atoms with Crippen molar-refractivity contribution in [2.24, 2.45) is 4.40 Å². The quantitative estimate of drug-likeness (QED) is 0.586. The van der Waals surface area contributed by atoms with Gasteiger partial charge in [-0.25, -0.2) is 4.98 Å². The highest BCUT2D eigenvalue weighted by atomic mass is 35.5. The Labute approximate surface area is 189 Å². The lowest BCUT2D eigenvalue weighted by Crippen LogP contribution is -2.20. The molecule has 31 heavy (non-hydrogen) atoms. The fraction of sp³-hybridized carbons (Fsp3) is 0.190. The van der Waals surface area contributed by atoms with Crippen LogP contribution >= 0.6 is 22.9 Å². The summed E-state index contributed by atoms with van der Waals surface area (Å²) in [6, 6.07) is 13.2. The minimum Gasteiger partial charge on any atom is -0.362 e. The van der Waals surface area contributed by atoms with Gasteiger partial charge in [-0.05, 0) is 42.8 Å². The van der Waals surface area contributed by atoms with E-state index in [4.69, 9.17) is 11.6 Å². The predicted octanol–water partition coefficient (Wildman–Crippen LogP) is 4.53. The van der Waals surface area contributed by atoms with Crippen LogP contribution in [0.25, 0.3) is 10.6 Å². The van der Waals surface area contributed by atoms with Crippen molar-refractivity contribution in [3.8, 4) is 10.6 Å². The number of likely N-dealkylation sites (tertiary alicyclic amines) is 1. The van der Waals surface area contributed by atoms with Crippen LogP contribution < -0.4 is 5.32 Å². The minimum atomic E-state index is -3.79. The number of nitrogens with zero attached hydrogens (tertiary/aromatic N) is 3. The average molecular weight is 475 g/mol. The molecule has 1 N–H and O–H groups in total. The number of benzene rings is 2. The fourth-order valence-corrected chi connectivity index (χ4v) is 5.22. The summed E-state index contributed by atoms with van der Waals surface area (Å²) in [5.74, 6) is 0.185. The average Bonchev–Trinajstić information content (AvgIpc) is 3.38. The molecule has 0 spiro atoms. The Kier molecular flexibility index (Phi) is 6.08. The number of amidine groups is 1. The molecule has 3 aromatic rings. The molecule has 0 atom stereocenters. The lowest BCUT2D eigenvalue weighted by atomic mass is 10.2. The normalized spacial score (nSPS) is 15.4. The third-order valence-electron chi connectivity index (χ3n) is 4.78. The number of anilines is 1. The highest BCUT2D eigenvalue weighted by molar-refractivity contribution is 7.90. The van der Waals surface area contributed by atoms with Gasteiger partial charge < -0.3 is 10.2 Å². The number of amides is 1. The molecule has 7 nitrogen and oxygen atoms in total. The molecule has 2 aromatic carbocycles. The molecule has 1 fully saturated rings. The van der Waals surface area contributed by atoms with Crippen molar-refractivity contribution in [1.29, 1.82) is 0 Å². The highest BCUT2D eigenvalue weighted by Gasteiger charge is 2.20. The second kappa shape index (κ2) is 8.78. The lowest BCUT2D eigenvalue weighted by Gasteiger charge is -2.11. The summed E-state index contributed by atoms with van der Waals surface area (Å²) in [4.78, 5) is 18.8. The molecule has 10 heteroatoms. The molecule has 2 heterocycles. The maximum absolute atomic E-state index is 12.5. The Bertz CT molecular complexity index is 1250. The van der Waals surface area contributed by atoms with Gasteiger partial charge in [0, 0.05) is 41.7 Å². The van der Waals surface area contributed by atoms with E-state index in [-0.39, 0.29) is 16.5 Å². The fourth-order valence-electron chi connectivity index (χ4n) is 3.14. The molecule has 0 bridgehead atoms. The number of sulfonamides is 1. The molecular weight excluding hydrogens is 456 g/mol. The molecular formula is C21H19ClN4O3S2. The van der Waals surface area contributed by atoms with Crippen molar-refractivity contribution in [3.63, 3.8) is 0 Å². The van der Waals surface area contributed by atoms with Crippen LogP contribution in [0.1, 0.15) is 23.3 Å². The summed E-state index contributed by atoms with van der Waals surface area (Å²) in [5, 5.41) is 5.68. The molecule has 1 aliphatic heterocycles. The van der Waals surface area contributed by atoms with E-state index in [1.54, 1.807) is 17.5 Å². The van der Waals surface area contributed by atoms with Gasteiger partial charge in [0.15, 0.2) is 0 Å². The molecule has 0 aliphatic carbocycles. The Hall–Kier alpha value is -2.75. The van der Waals surface area contributed by atoms with Crippen molar-refractivity contribution >= 4 is 50.4 Å². The van der Waals surface area contributed by atoms with Gasteiger partial charge in [-0.3, -0.25) is 4.79 Å². The highest BCUT2D eigenvalue weighted by Crippen LogP contribution is 2.26. The summed E-state index contributed by atoms with van der Waals surface area (Å²) in [7, 11) is -1.96. The summed E-state index contributed by atoms with van der Waals surface area (Å²) in [6.07, 6.45) is 1.54. The zero-order chi connectivity index (χ0) is 22.0. The molecule has 160 valence electrons. The van der Waals surface area contributed by atoms with Crippen molar-refractivity contribution in [1.82, 2.24) is 9.88 Å². The van der Waals surface area contributed by atoms with Crippen molar-refractivity contribution in [3.05, 3.63) is 64.6 Å². The van der Waals surface area contributed by atoms with E-state index in [0.717, 1.165) is 18.5 Å². The van der Waals surface area contributed by atoms with E-state index in [1.807, 2.05) is 24.1 Å². The molecule has 1 aromatic heterocycles. The van der Waals surface area contributed by atoms with E-state index in [0.29, 0.717) is 28.0 Å². The zero-order valence-corrected chi connectivity index (χ0v) is 19.0. The largest absolute Gasteiger partial charge is 0.362 e. The lowest BCUT2D eigenvalue weighted by molar-refractivity contribution is 0.102. The second-order valence-electron chi connectivity index (χ2n) is 7.03. The van der Waals surface area contributed by atoms with Gasteiger partial charge in [-0.1, -0.05) is 23.7 Å². The standard InChI is InChI=1S/C21H19ClN4O3S2/c1-26-11-3-6-19(26)25-31(28,29)17-9-7-16(8-10-17)23-20(27)18-13-30-21(24-18)14-4-2-5-15(22)12-14/h2,4-5,7-10,12-13H,3,6,11H2,1H3,(H,23,27)/b25-19+. The van der Waals surface area contributed by atoms with Crippen LogP contribution in [0.4, 0.5) is 5.69 Å². The van der Waals surface area contributed by atoms with E-state index < -0.39 is 10.0 Å². The van der Waals surface area contributed by atoms with Crippen LogP contribution in [0.2, 0.25) is 5.02 Å². The number of hydrogen-bond acceptors (Lipinski definition) is 5. The van der Waals surface area contributed by atoms with Gasteiger partial charge in [0.2, 0.25) is 0 Å². The van der Waals surface area contributed by atoms with Gasteiger partial charge >= 0.3 is 0 Å². The van der Waals surface area contributed by atoms with Crippen molar-refractivity contribution < 1.29 is 13.2 Å². The maximum Gasteiger partial charge on any atom is 0.283 e. The predicted molar refractivity (Wildman–Crippen MR) is 123 cm³/mol. The summed E-state index contributed by atoms with van der Waals surface area (Å²) < 4.78 is 29.0. The number of hydrogen-bond donors (Lipinski definition) is 1. The van der Waals surface area contributed by atoms with Crippen LogP contribution in [0.3, 0.4) is 0 Å². The minimum absolute atomic E-state index is 0.0789. The summed E-state index contributed by atoms with van der Waals surface area (Å²) in [5.41, 5.74) is 1.57. The van der Waals surface area contributed by atoms with Gasteiger partial charge in [0.1, 0.15) is 16.5 Å². The third-order valence-corrected chi connectivity index (χ3v) is 7.22. The smallest absolute Gasteiger partial charge is 0.283 e. The second-order valence-corrected chi connectivity index (χ2v) is 9.93. The SMILES string of the molecule is CN1CCC/C1=N\S(=O)(=O)c1ccc(NC(=O)c2csc(-c3cccc(Cl)c3)n2)cc1. The number of rotatable bonds is 5. The summed E-state index contributed by atoms with van der Waals surface area (Å²) >= 11 is 7.36. The number of carbonyl (C=O) groups is 1. The Morgan fingerprint density at radius 3 is 2.68 bits per heavy atom. The van der Waals surface area contributed by atoms with Gasteiger partial charge in [0.25, 0.3) is 15.9 Å². The van der Waals surface area contributed by atoms with E-state index >= 15 is 0 Å². The number of nitrogens with one attached hydrogen (secondary N) is 1. The first-order valence-electron chi connectivity index (χ1n) is 9.50. The molecule has 1 amide bonds. The van der Waals surface area contributed by atoms with Crippen LogP contribution in [-0.4, -0.2) is 43.6 Å². The zero-order valence-electron chi connectivity index (χ0n) is 16.6. The summed E-state index contributed by atoms with van der Waals surface area (Å²) in [6.45, 7) is 0.801. The molecule has 0 radical (unpaired) electrons. The Balaban J connectivity index is 1.46. The van der Waals surface area contributed by atoms with Crippen LogP contribution in [0, 0.1) is 0 Å². The molecule has 0 unspecified atom stereocenters. The van der Waals surface area contributed by atoms with Gasteiger partial charge in [0.05, 0.1) is 4.90 Å². The molecule has 0 saturated carbocycles. The first kappa shape index (κ1) is 21.5. The molecule has 1 saturated heterocycles. The monoisotopic (exact) mass is 474 g/mol. The number of aromatic nitrogens is 1. The van der Waals surface area contributed by atoms with Crippen LogP contribution in [0.5, 0.6) is 0 Å². The van der Waals surface area contributed by atoms with E-state index in [9.17, 15) is 13.2 Å². The first-order chi connectivity index (χ1) is 14.8. The van der Waals surface area contributed by atoms with Crippen molar-refractivity contribution in [2.45, 2.75) is 17.7 Å². The first-order valence-corrected chi connectivity index (χ1v) is 12.2. The number of thiazole rings is 1. The van der Waals surface area contributed by atoms with E-state index in [1.165, 1.54) is 35.6 Å². The van der Waals surface area contributed by atoms with Gasteiger partial charge in [-0.15, -0.1) is 15.7 Å². The van der Waals surface area contributed by atoms with Gasteiger partial charge in [-0.2, -0.15) is 8.42 Å². The van der Waals surface area contributed by atoms with Crippen molar-refractivity contribution in [2.75, 3.05) is 18.9 Å². The van der Waals surface area contributed by atoms with Crippen LogP contribution in [0.15, 0.2) is 63.2 Å². The molecule has 1 aliphatic rings. The number of halogens is 1. The maximum atomic E-state index is 12.5. The Morgan fingerprint density at radius 1 is 1.23 bits per heavy atom. The third kappa shape index (κ3) is 4.95.